The van der Waals surface area contributed by atoms with Gasteiger partial charge in [0.15, 0.2) is 8.32 Å². The molecule has 2 aliphatic rings. The number of hydrogen-bond donors (Lipinski definition) is 0. The van der Waals surface area contributed by atoms with E-state index in [1.165, 1.54) is 0 Å². The molecule has 4 atom stereocenters. The number of halogens is 1. The number of fused-ring (bicyclic) bond motifs is 1. The van der Waals surface area contributed by atoms with Crippen LogP contribution >= 0.6 is 22.6 Å². The number of rotatable bonds is 5. The zero-order valence-electron chi connectivity index (χ0n) is 17.1. The third-order valence-corrected chi connectivity index (χ3v) is 12.2. The molecule has 6 heteroatoms. The van der Waals surface area contributed by atoms with E-state index >= 15 is 0 Å². The molecule has 27 heavy (non-hydrogen) atoms. The summed E-state index contributed by atoms with van der Waals surface area (Å²) in [6.07, 6.45) is 1.64. The minimum Gasteiger partial charge on any atom is -0.412 e. The Balaban J connectivity index is 1.62. The summed E-state index contributed by atoms with van der Waals surface area (Å²) >= 11 is 2.51. The SMILES string of the molecule is CC(C)(C)[Si](C)(C)O[C@@H]1C[C@@H](I)[C@@H]2C[C@@H](OCc3ccccc3)C(=O)N2C1. The van der Waals surface area contributed by atoms with Crippen LogP contribution < -0.4 is 0 Å². The molecule has 2 heterocycles. The molecule has 0 radical (unpaired) electrons. The van der Waals surface area contributed by atoms with E-state index in [0.29, 0.717) is 17.1 Å². The fraction of sp³-hybridized carbons (Fsp3) is 0.667. The zero-order valence-corrected chi connectivity index (χ0v) is 20.2. The topological polar surface area (TPSA) is 38.8 Å². The maximum atomic E-state index is 13.0. The summed E-state index contributed by atoms with van der Waals surface area (Å²) < 4.78 is 13.1. The molecule has 0 aliphatic carbocycles. The number of ether oxygens (including phenoxy) is 1. The monoisotopic (exact) mass is 501 g/mol. The molecule has 2 saturated heterocycles. The van der Waals surface area contributed by atoms with Gasteiger partial charge in [-0.2, -0.15) is 0 Å². The highest BCUT2D eigenvalue weighted by molar-refractivity contribution is 14.1. The Hall–Kier alpha value is -0.443. The third kappa shape index (κ3) is 4.76. The van der Waals surface area contributed by atoms with E-state index < -0.39 is 8.32 Å². The lowest BCUT2D eigenvalue weighted by Gasteiger charge is -2.44. The van der Waals surface area contributed by atoms with Crippen molar-refractivity contribution in [2.75, 3.05) is 6.54 Å². The average molecular weight is 501 g/mol. The van der Waals surface area contributed by atoms with Gasteiger partial charge in [0.25, 0.3) is 5.91 Å². The van der Waals surface area contributed by atoms with Crippen molar-refractivity contribution < 1.29 is 14.0 Å². The molecule has 0 bridgehead atoms. The molecule has 0 saturated carbocycles. The Kier molecular flexibility index (Phi) is 6.40. The van der Waals surface area contributed by atoms with E-state index in [2.05, 4.69) is 56.5 Å². The summed E-state index contributed by atoms with van der Waals surface area (Å²) in [5.74, 6) is 0.140. The van der Waals surface area contributed by atoms with E-state index in [1.807, 2.05) is 35.2 Å². The molecule has 3 rings (SSSR count). The van der Waals surface area contributed by atoms with Crippen LogP contribution in [0.15, 0.2) is 30.3 Å². The van der Waals surface area contributed by atoms with Crippen molar-refractivity contribution in [3.8, 4) is 0 Å². The van der Waals surface area contributed by atoms with E-state index in [1.54, 1.807) is 0 Å². The summed E-state index contributed by atoms with van der Waals surface area (Å²) in [5, 5.41) is 0.182. The van der Waals surface area contributed by atoms with Crippen LogP contribution in [-0.4, -0.2) is 47.8 Å². The van der Waals surface area contributed by atoms with Crippen LogP contribution in [0.3, 0.4) is 0 Å². The first-order valence-electron chi connectivity index (χ1n) is 9.86. The Bertz CT molecular complexity index is 661. The molecule has 150 valence electrons. The largest absolute Gasteiger partial charge is 0.412 e. The van der Waals surface area contributed by atoms with Gasteiger partial charge in [0.2, 0.25) is 0 Å². The van der Waals surface area contributed by atoms with Gasteiger partial charge in [0, 0.05) is 22.9 Å². The van der Waals surface area contributed by atoms with Gasteiger partial charge in [-0.25, -0.2) is 0 Å². The maximum Gasteiger partial charge on any atom is 0.252 e. The van der Waals surface area contributed by atoms with E-state index in [0.717, 1.165) is 18.4 Å². The Morgan fingerprint density at radius 1 is 1.19 bits per heavy atom. The molecule has 1 amide bonds. The molecule has 2 fully saturated rings. The number of piperidine rings is 1. The second kappa shape index (κ2) is 8.12. The van der Waals surface area contributed by atoms with Crippen LogP contribution in [0.2, 0.25) is 18.1 Å². The van der Waals surface area contributed by atoms with Crippen LogP contribution in [0, 0.1) is 0 Å². The maximum absolute atomic E-state index is 13.0. The van der Waals surface area contributed by atoms with E-state index in [-0.39, 0.29) is 29.2 Å². The molecule has 1 aromatic rings. The number of benzene rings is 1. The summed E-state index contributed by atoms with van der Waals surface area (Å²) in [6, 6.07) is 10.4. The van der Waals surface area contributed by atoms with E-state index in [4.69, 9.17) is 9.16 Å². The highest BCUT2D eigenvalue weighted by atomic mass is 127. The van der Waals surface area contributed by atoms with Crippen molar-refractivity contribution in [3.05, 3.63) is 35.9 Å². The molecule has 0 spiro atoms. The van der Waals surface area contributed by atoms with Crippen molar-refractivity contribution in [1.82, 2.24) is 4.90 Å². The second-order valence-electron chi connectivity index (χ2n) is 9.33. The van der Waals surface area contributed by atoms with Gasteiger partial charge in [-0.15, -0.1) is 0 Å². The lowest BCUT2D eigenvalue weighted by Crippen LogP contribution is -2.54. The number of alkyl halides is 1. The van der Waals surface area contributed by atoms with Gasteiger partial charge in [0.1, 0.15) is 6.10 Å². The van der Waals surface area contributed by atoms with Crippen molar-refractivity contribution in [1.29, 1.82) is 0 Å². The smallest absolute Gasteiger partial charge is 0.252 e. The highest BCUT2D eigenvalue weighted by Gasteiger charge is 2.49. The second-order valence-corrected chi connectivity index (χ2v) is 15.7. The lowest BCUT2D eigenvalue weighted by molar-refractivity contribution is -0.140. The Morgan fingerprint density at radius 3 is 2.48 bits per heavy atom. The predicted molar refractivity (Wildman–Crippen MR) is 120 cm³/mol. The fourth-order valence-electron chi connectivity index (χ4n) is 3.66. The van der Waals surface area contributed by atoms with Gasteiger partial charge in [-0.1, -0.05) is 73.7 Å². The highest BCUT2D eigenvalue weighted by Crippen LogP contribution is 2.41. The minimum absolute atomic E-state index is 0.140. The Morgan fingerprint density at radius 2 is 1.85 bits per heavy atom. The molecule has 2 aliphatic heterocycles. The van der Waals surface area contributed by atoms with Crippen LogP contribution in [0.5, 0.6) is 0 Å². The first-order chi connectivity index (χ1) is 12.6. The molecule has 1 aromatic carbocycles. The predicted octanol–water partition coefficient (Wildman–Crippen LogP) is 4.77. The number of hydrogen-bond acceptors (Lipinski definition) is 3. The number of carbonyl (C=O) groups excluding carboxylic acids is 1. The number of carbonyl (C=O) groups is 1. The lowest BCUT2D eigenvalue weighted by atomic mass is 10.0. The first-order valence-corrected chi connectivity index (χ1v) is 14.0. The van der Waals surface area contributed by atoms with Gasteiger partial charge < -0.3 is 14.1 Å². The molecule has 4 nitrogen and oxygen atoms in total. The van der Waals surface area contributed by atoms with Gasteiger partial charge in [0.05, 0.1) is 12.7 Å². The van der Waals surface area contributed by atoms with Gasteiger partial charge in [-0.3, -0.25) is 4.79 Å². The van der Waals surface area contributed by atoms with Crippen molar-refractivity contribution in [3.63, 3.8) is 0 Å². The van der Waals surface area contributed by atoms with Gasteiger partial charge >= 0.3 is 0 Å². The normalized spacial score (nSPS) is 29.1. The summed E-state index contributed by atoms with van der Waals surface area (Å²) in [6.45, 7) is 12.6. The molecular formula is C21H32INO3Si. The fourth-order valence-corrected chi connectivity index (χ4v) is 6.26. The summed E-state index contributed by atoms with van der Waals surface area (Å²) in [7, 11) is -1.84. The van der Waals surface area contributed by atoms with Crippen molar-refractivity contribution in [2.45, 2.75) is 80.5 Å². The van der Waals surface area contributed by atoms with Crippen LogP contribution in [-0.2, 0) is 20.6 Å². The molecular weight excluding hydrogens is 469 g/mol. The van der Waals surface area contributed by atoms with Crippen LogP contribution in [0.4, 0.5) is 0 Å². The average Bonchev–Trinajstić information content (AvgIpc) is 2.90. The van der Waals surface area contributed by atoms with E-state index in [9.17, 15) is 4.79 Å². The first kappa shape index (κ1) is 21.3. The van der Waals surface area contributed by atoms with Crippen molar-refractivity contribution >= 4 is 36.8 Å². The minimum atomic E-state index is -1.84. The number of amides is 1. The van der Waals surface area contributed by atoms with Gasteiger partial charge in [-0.05, 0) is 30.1 Å². The zero-order chi connectivity index (χ0) is 19.8. The number of nitrogens with zero attached hydrogens (tertiary/aromatic N) is 1. The Labute approximate surface area is 178 Å². The van der Waals surface area contributed by atoms with Crippen LogP contribution in [0.25, 0.3) is 0 Å². The summed E-state index contributed by atoms with van der Waals surface area (Å²) in [4.78, 5) is 15.0. The standard InChI is InChI=1S/C21H32INO3Si/c1-21(2,3)27(4,5)26-16-11-17(22)18-12-19(20(24)23(18)13-16)25-14-15-9-7-6-8-10-15/h6-10,16-19H,11-14H2,1-5H3/t16-,17-,18+,19-/m1/s1. The quantitative estimate of drug-likeness (QED) is 0.332. The van der Waals surface area contributed by atoms with Crippen LogP contribution in [0.1, 0.15) is 39.2 Å². The molecule has 0 N–H and O–H groups in total. The molecule has 0 unspecified atom stereocenters. The van der Waals surface area contributed by atoms with Crippen molar-refractivity contribution in [2.24, 2.45) is 0 Å². The summed E-state index contributed by atoms with van der Waals surface area (Å²) in [5.41, 5.74) is 1.11. The molecule has 0 aromatic heterocycles. The third-order valence-electron chi connectivity index (χ3n) is 6.28.